The van der Waals surface area contributed by atoms with E-state index in [0.717, 1.165) is 20.9 Å². The molecule has 0 bridgehead atoms. The lowest BCUT2D eigenvalue weighted by atomic mass is 10.1. The van der Waals surface area contributed by atoms with Crippen LogP contribution in [0.2, 0.25) is 5.15 Å². The Morgan fingerprint density at radius 3 is 2.70 bits per heavy atom. The van der Waals surface area contributed by atoms with Gasteiger partial charge in [-0.15, -0.1) is 0 Å². The van der Waals surface area contributed by atoms with E-state index in [-0.39, 0.29) is 5.82 Å². The molecule has 1 heterocycles. The maximum Gasteiger partial charge on any atom is 0.161 e. The lowest BCUT2D eigenvalue weighted by Gasteiger charge is -2.08. The summed E-state index contributed by atoms with van der Waals surface area (Å²) in [6.45, 7) is 1.95. The zero-order valence-electron chi connectivity index (χ0n) is 10.5. The summed E-state index contributed by atoms with van der Waals surface area (Å²) >= 11 is 9.70. The van der Waals surface area contributed by atoms with Gasteiger partial charge in [0.1, 0.15) is 11.0 Å². The number of nitrogens with zero attached hydrogens (tertiary/aromatic N) is 2. The molecule has 100 valence electrons. The quantitative estimate of drug-likeness (QED) is 0.566. The van der Waals surface area contributed by atoms with Gasteiger partial charge in [0.25, 0.3) is 0 Å². The highest BCUT2D eigenvalue weighted by Crippen LogP contribution is 2.32. The van der Waals surface area contributed by atoms with Gasteiger partial charge in [-0.2, -0.15) is 0 Å². The van der Waals surface area contributed by atoms with Crippen molar-refractivity contribution in [2.24, 2.45) is 0 Å². The van der Waals surface area contributed by atoms with Crippen LogP contribution in [-0.4, -0.2) is 9.97 Å². The zero-order chi connectivity index (χ0) is 14.3. The first-order valence-corrected chi connectivity index (χ1v) is 7.11. The number of aryl methyl sites for hydroxylation is 1. The zero-order valence-corrected chi connectivity index (χ0v) is 12.8. The Morgan fingerprint density at radius 2 is 1.95 bits per heavy atom. The highest BCUT2D eigenvalue weighted by molar-refractivity contribution is 9.10. The second-order valence-corrected chi connectivity index (χ2v) is 5.65. The van der Waals surface area contributed by atoms with Crippen molar-refractivity contribution in [3.63, 3.8) is 0 Å². The molecule has 0 aliphatic heterocycles. The lowest BCUT2D eigenvalue weighted by Crippen LogP contribution is -1.94. The van der Waals surface area contributed by atoms with E-state index in [1.54, 1.807) is 12.1 Å². The number of hydrogen-bond donors (Lipinski definition) is 0. The molecule has 0 N–H and O–H groups in total. The van der Waals surface area contributed by atoms with Crippen LogP contribution < -0.4 is 0 Å². The van der Waals surface area contributed by atoms with E-state index >= 15 is 0 Å². The maximum atomic E-state index is 13.3. The summed E-state index contributed by atoms with van der Waals surface area (Å²) in [7, 11) is 0. The molecule has 0 unspecified atom stereocenters. The Bertz CT molecular complexity index is 820. The van der Waals surface area contributed by atoms with Crippen molar-refractivity contribution in [1.82, 2.24) is 9.97 Å². The Labute approximate surface area is 128 Å². The van der Waals surface area contributed by atoms with Crippen molar-refractivity contribution in [1.29, 1.82) is 0 Å². The van der Waals surface area contributed by atoms with Crippen molar-refractivity contribution in [2.75, 3.05) is 0 Å². The highest BCUT2D eigenvalue weighted by atomic mass is 79.9. The summed E-state index contributed by atoms with van der Waals surface area (Å²) < 4.78 is 14.2. The monoisotopic (exact) mass is 350 g/mol. The molecule has 0 spiro atoms. The molecule has 3 aromatic rings. The molecule has 0 saturated carbocycles. The van der Waals surface area contributed by atoms with Gasteiger partial charge in [-0.1, -0.05) is 29.8 Å². The van der Waals surface area contributed by atoms with Gasteiger partial charge in [-0.25, -0.2) is 14.4 Å². The predicted molar refractivity (Wildman–Crippen MR) is 82.4 cm³/mol. The van der Waals surface area contributed by atoms with E-state index in [0.29, 0.717) is 16.5 Å². The molecule has 0 fully saturated rings. The first-order valence-electron chi connectivity index (χ1n) is 5.94. The molecule has 2 nitrogen and oxygen atoms in total. The SMILES string of the molecule is Cc1ccc(Br)c2c(Cl)nc(-c3cccc(F)c3)nc12. The van der Waals surface area contributed by atoms with E-state index < -0.39 is 0 Å². The molecule has 1 aromatic heterocycles. The van der Waals surface area contributed by atoms with Crippen LogP contribution in [0.25, 0.3) is 22.3 Å². The van der Waals surface area contributed by atoms with Crippen molar-refractivity contribution in [3.8, 4) is 11.4 Å². The third kappa shape index (κ3) is 2.30. The molecule has 0 amide bonds. The van der Waals surface area contributed by atoms with Gasteiger partial charge in [-0.05, 0) is 46.6 Å². The molecule has 5 heteroatoms. The number of benzene rings is 2. The minimum absolute atomic E-state index is 0.326. The normalized spacial score (nSPS) is 11.0. The minimum Gasteiger partial charge on any atom is -0.228 e. The molecule has 0 saturated heterocycles. The number of aromatic nitrogens is 2. The Balaban J connectivity index is 2.32. The van der Waals surface area contributed by atoms with Gasteiger partial charge < -0.3 is 0 Å². The Morgan fingerprint density at radius 1 is 1.15 bits per heavy atom. The molecular weight excluding hydrogens is 343 g/mol. The van der Waals surface area contributed by atoms with E-state index in [9.17, 15) is 4.39 Å². The van der Waals surface area contributed by atoms with Crippen LogP contribution in [0.5, 0.6) is 0 Å². The van der Waals surface area contributed by atoms with Gasteiger partial charge in [0.05, 0.1) is 10.9 Å². The summed E-state index contributed by atoms with van der Waals surface area (Å²) in [5, 5.41) is 1.12. The summed E-state index contributed by atoms with van der Waals surface area (Å²) in [4.78, 5) is 8.79. The third-order valence-electron chi connectivity index (χ3n) is 3.04. The predicted octanol–water partition coefficient (Wildman–Crippen LogP) is 5.16. The lowest BCUT2D eigenvalue weighted by molar-refractivity contribution is 0.628. The van der Waals surface area contributed by atoms with Crippen molar-refractivity contribution in [3.05, 3.63) is 57.4 Å². The molecule has 2 aromatic carbocycles. The Hall–Kier alpha value is -1.52. The fourth-order valence-electron chi connectivity index (χ4n) is 2.05. The van der Waals surface area contributed by atoms with E-state index in [4.69, 9.17) is 11.6 Å². The summed E-state index contributed by atoms with van der Waals surface area (Å²) in [5.74, 6) is 0.0940. The Kier molecular flexibility index (Phi) is 3.44. The molecule has 0 aliphatic rings. The topological polar surface area (TPSA) is 25.8 Å². The van der Waals surface area contributed by atoms with Crippen LogP contribution in [0.4, 0.5) is 4.39 Å². The van der Waals surface area contributed by atoms with Crippen LogP contribution in [-0.2, 0) is 0 Å². The second-order valence-electron chi connectivity index (χ2n) is 4.44. The van der Waals surface area contributed by atoms with Crippen LogP contribution >= 0.6 is 27.5 Å². The van der Waals surface area contributed by atoms with Gasteiger partial charge in [0, 0.05) is 10.0 Å². The number of hydrogen-bond acceptors (Lipinski definition) is 2. The van der Waals surface area contributed by atoms with Gasteiger partial charge in [0.15, 0.2) is 5.82 Å². The standard InChI is InChI=1S/C15H9BrClFN2/c1-8-5-6-11(16)12-13(8)19-15(20-14(12)17)9-3-2-4-10(18)7-9/h2-7H,1H3. The molecule has 3 rings (SSSR count). The second kappa shape index (κ2) is 5.11. The molecular formula is C15H9BrClFN2. The maximum absolute atomic E-state index is 13.3. The highest BCUT2D eigenvalue weighted by Gasteiger charge is 2.12. The average Bonchev–Trinajstić information content (AvgIpc) is 2.42. The summed E-state index contributed by atoms with van der Waals surface area (Å²) in [5.41, 5.74) is 2.36. The fraction of sp³-hybridized carbons (Fsp3) is 0.0667. The smallest absolute Gasteiger partial charge is 0.161 e. The summed E-state index contributed by atoms with van der Waals surface area (Å²) in [6, 6.07) is 10.0. The van der Waals surface area contributed by atoms with Crippen LogP contribution in [0.3, 0.4) is 0 Å². The number of rotatable bonds is 1. The first-order chi connectivity index (χ1) is 9.56. The van der Waals surface area contributed by atoms with Crippen molar-refractivity contribution < 1.29 is 4.39 Å². The van der Waals surface area contributed by atoms with E-state index in [2.05, 4.69) is 25.9 Å². The van der Waals surface area contributed by atoms with E-state index in [1.165, 1.54) is 12.1 Å². The minimum atomic E-state index is -0.326. The largest absolute Gasteiger partial charge is 0.228 e. The first kappa shape index (κ1) is 13.5. The van der Waals surface area contributed by atoms with Crippen molar-refractivity contribution >= 4 is 38.4 Å². The molecule has 0 atom stereocenters. The molecule has 20 heavy (non-hydrogen) atoms. The molecule has 0 radical (unpaired) electrons. The number of fused-ring (bicyclic) bond motifs is 1. The van der Waals surface area contributed by atoms with E-state index in [1.807, 2.05) is 19.1 Å². The average molecular weight is 352 g/mol. The van der Waals surface area contributed by atoms with Crippen molar-refractivity contribution in [2.45, 2.75) is 6.92 Å². The van der Waals surface area contributed by atoms with Gasteiger partial charge in [-0.3, -0.25) is 0 Å². The van der Waals surface area contributed by atoms with Crippen LogP contribution in [0.15, 0.2) is 40.9 Å². The van der Waals surface area contributed by atoms with Gasteiger partial charge >= 0.3 is 0 Å². The third-order valence-corrected chi connectivity index (χ3v) is 3.97. The number of halogens is 3. The van der Waals surface area contributed by atoms with Crippen LogP contribution in [0, 0.1) is 12.7 Å². The fourth-order valence-corrected chi connectivity index (χ4v) is 2.94. The van der Waals surface area contributed by atoms with Crippen LogP contribution in [0.1, 0.15) is 5.56 Å². The molecule has 0 aliphatic carbocycles. The van der Waals surface area contributed by atoms with Gasteiger partial charge in [0.2, 0.25) is 0 Å². The summed E-state index contributed by atoms with van der Waals surface area (Å²) in [6.07, 6.45) is 0.